The van der Waals surface area contributed by atoms with Gasteiger partial charge in [0.05, 0.1) is 23.7 Å². The highest BCUT2D eigenvalue weighted by Crippen LogP contribution is 2.30. The molecule has 216 valence electrons. The first-order valence-electron chi connectivity index (χ1n) is 13.7. The number of nitrogens with one attached hydrogen (secondary N) is 3. The fourth-order valence-electron chi connectivity index (χ4n) is 5.14. The molecule has 2 amide bonds. The molecule has 1 saturated heterocycles. The summed E-state index contributed by atoms with van der Waals surface area (Å²) in [6.45, 7) is 7.01. The van der Waals surface area contributed by atoms with E-state index in [-0.39, 0.29) is 22.4 Å². The molecular formula is C30H35N5O5S. The average Bonchev–Trinajstić information content (AvgIpc) is 2.97. The number of amides is 2. The molecule has 10 nitrogen and oxygen atoms in total. The van der Waals surface area contributed by atoms with Crippen LogP contribution in [-0.4, -0.2) is 71.1 Å². The normalized spacial score (nSPS) is 15.6. The van der Waals surface area contributed by atoms with Crippen LogP contribution in [0, 0.1) is 0 Å². The average molecular weight is 578 g/mol. The van der Waals surface area contributed by atoms with Crippen LogP contribution in [-0.2, 0) is 32.5 Å². The highest BCUT2D eigenvalue weighted by Gasteiger charge is 2.23. The molecule has 3 aromatic carbocycles. The van der Waals surface area contributed by atoms with E-state index >= 15 is 0 Å². The third kappa shape index (κ3) is 7.24. The van der Waals surface area contributed by atoms with Gasteiger partial charge in [0.25, 0.3) is 15.9 Å². The predicted molar refractivity (Wildman–Crippen MR) is 159 cm³/mol. The zero-order valence-corrected chi connectivity index (χ0v) is 23.9. The van der Waals surface area contributed by atoms with Gasteiger partial charge in [0, 0.05) is 63.3 Å². The molecule has 0 atom stereocenters. The standard InChI is InChI=1S/C30H35N5O5S/c1-22(36)32-25-6-9-27(10-7-25)41(38,39)33-26-8-11-29(35-14-12-23-4-2-3-5-24(23)21-35)28(20-26)30(37)31-13-15-34-16-18-40-19-17-34/h2-11,20,33H,12-19,21H2,1H3,(H,31,37)(H,32,36). The Hall–Kier alpha value is -3.93. The molecule has 1 fully saturated rings. The minimum Gasteiger partial charge on any atom is -0.379 e. The van der Waals surface area contributed by atoms with Crippen molar-refractivity contribution in [2.45, 2.75) is 24.8 Å². The number of carbonyl (C=O) groups excluding carboxylic acids is 2. The van der Waals surface area contributed by atoms with Crippen LogP contribution in [0.3, 0.4) is 0 Å². The Morgan fingerprint density at radius 3 is 2.34 bits per heavy atom. The summed E-state index contributed by atoms with van der Waals surface area (Å²) in [5, 5.41) is 5.65. The van der Waals surface area contributed by atoms with Crippen LogP contribution in [0.25, 0.3) is 0 Å². The van der Waals surface area contributed by atoms with Crippen molar-refractivity contribution in [2.75, 3.05) is 60.9 Å². The molecule has 11 heteroatoms. The van der Waals surface area contributed by atoms with Gasteiger partial charge in [0.15, 0.2) is 0 Å². The Morgan fingerprint density at radius 1 is 0.902 bits per heavy atom. The molecule has 0 unspecified atom stereocenters. The Bertz CT molecular complexity index is 1500. The SMILES string of the molecule is CC(=O)Nc1ccc(S(=O)(=O)Nc2ccc(N3CCc4ccccc4C3)c(C(=O)NCCN3CCOCC3)c2)cc1. The molecule has 3 aromatic rings. The van der Waals surface area contributed by atoms with E-state index < -0.39 is 10.0 Å². The molecule has 0 aromatic heterocycles. The third-order valence-corrected chi connectivity index (χ3v) is 8.66. The van der Waals surface area contributed by atoms with E-state index in [9.17, 15) is 18.0 Å². The Kier molecular flexibility index (Phi) is 8.87. The molecular weight excluding hydrogens is 542 g/mol. The molecule has 0 spiro atoms. The van der Waals surface area contributed by atoms with E-state index in [0.29, 0.717) is 44.1 Å². The van der Waals surface area contributed by atoms with E-state index in [0.717, 1.165) is 31.7 Å². The zero-order valence-electron chi connectivity index (χ0n) is 23.1. The van der Waals surface area contributed by atoms with Crippen molar-refractivity contribution >= 4 is 38.9 Å². The van der Waals surface area contributed by atoms with Crippen LogP contribution < -0.4 is 20.3 Å². The number of anilines is 3. The van der Waals surface area contributed by atoms with E-state index in [1.165, 1.54) is 42.3 Å². The molecule has 0 saturated carbocycles. The summed E-state index contributed by atoms with van der Waals surface area (Å²) >= 11 is 0. The molecule has 2 heterocycles. The second-order valence-electron chi connectivity index (χ2n) is 10.2. The van der Waals surface area contributed by atoms with Crippen LogP contribution in [0.5, 0.6) is 0 Å². The molecule has 0 aliphatic carbocycles. The van der Waals surface area contributed by atoms with Crippen LogP contribution in [0.1, 0.15) is 28.4 Å². The Morgan fingerprint density at radius 2 is 1.61 bits per heavy atom. The quantitative estimate of drug-likeness (QED) is 0.358. The van der Waals surface area contributed by atoms with Crippen molar-refractivity contribution in [2.24, 2.45) is 0 Å². The molecule has 0 bridgehead atoms. The van der Waals surface area contributed by atoms with Gasteiger partial charge in [-0.05, 0) is 60.0 Å². The third-order valence-electron chi connectivity index (χ3n) is 7.27. The number of hydrogen-bond acceptors (Lipinski definition) is 7. The first kappa shape index (κ1) is 28.6. The number of sulfonamides is 1. The lowest BCUT2D eigenvalue weighted by atomic mass is 9.98. The second kappa shape index (κ2) is 12.7. The van der Waals surface area contributed by atoms with E-state index in [1.54, 1.807) is 12.1 Å². The summed E-state index contributed by atoms with van der Waals surface area (Å²) in [5.74, 6) is -0.500. The van der Waals surface area contributed by atoms with Crippen molar-refractivity contribution in [3.05, 3.63) is 83.4 Å². The van der Waals surface area contributed by atoms with Crippen LogP contribution in [0.15, 0.2) is 71.6 Å². The highest BCUT2D eigenvalue weighted by atomic mass is 32.2. The number of morpholine rings is 1. The molecule has 5 rings (SSSR count). The summed E-state index contributed by atoms with van der Waals surface area (Å²) in [5.41, 5.74) is 4.47. The summed E-state index contributed by atoms with van der Waals surface area (Å²) in [4.78, 5) is 29.3. The van der Waals surface area contributed by atoms with E-state index in [4.69, 9.17) is 4.74 Å². The first-order valence-corrected chi connectivity index (χ1v) is 15.2. The minimum absolute atomic E-state index is 0.0415. The van der Waals surface area contributed by atoms with Crippen LogP contribution in [0.4, 0.5) is 17.1 Å². The lowest BCUT2D eigenvalue weighted by Crippen LogP contribution is -2.41. The number of fused-ring (bicyclic) bond motifs is 1. The maximum absolute atomic E-state index is 13.5. The summed E-state index contributed by atoms with van der Waals surface area (Å²) < 4.78 is 34.3. The van der Waals surface area contributed by atoms with Gasteiger partial charge in [0.2, 0.25) is 5.91 Å². The van der Waals surface area contributed by atoms with Gasteiger partial charge in [-0.25, -0.2) is 8.42 Å². The molecule has 0 radical (unpaired) electrons. The van der Waals surface area contributed by atoms with Gasteiger partial charge < -0.3 is 20.3 Å². The molecule has 2 aliphatic rings. The lowest BCUT2D eigenvalue weighted by molar-refractivity contribution is -0.114. The van der Waals surface area contributed by atoms with Crippen molar-refractivity contribution in [3.8, 4) is 0 Å². The first-order chi connectivity index (χ1) is 19.8. The van der Waals surface area contributed by atoms with Gasteiger partial charge in [-0.2, -0.15) is 0 Å². The zero-order chi connectivity index (χ0) is 28.8. The summed E-state index contributed by atoms with van der Waals surface area (Å²) in [7, 11) is -3.94. The second-order valence-corrected chi connectivity index (χ2v) is 11.9. The number of benzene rings is 3. The van der Waals surface area contributed by atoms with Gasteiger partial charge in [0.1, 0.15) is 0 Å². The Balaban J connectivity index is 1.37. The summed E-state index contributed by atoms with van der Waals surface area (Å²) in [6, 6.07) is 19.3. The van der Waals surface area contributed by atoms with Crippen LogP contribution >= 0.6 is 0 Å². The lowest BCUT2D eigenvalue weighted by Gasteiger charge is -2.32. The molecule has 3 N–H and O–H groups in total. The van der Waals surface area contributed by atoms with E-state index in [1.807, 2.05) is 18.2 Å². The van der Waals surface area contributed by atoms with Crippen molar-refractivity contribution in [3.63, 3.8) is 0 Å². The summed E-state index contributed by atoms with van der Waals surface area (Å²) in [6.07, 6.45) is 0.858. The van der Waals surface area contributed by atoms with Crippen molar-refractivity contribution in [1.29, 1.82) is 0 Å². The minimum atomic E-state index is -3.94. The van der Waals surface area contributed by atoms with Gasteiger partial charge >= 0.3 is 0 Å². The predicted octanol–water partition coefficient (Wildman–Crippen LogP) is 3.07. The smallest absolute Gasteiger partial charge is 0.261 e. The van der Waals surface area contributed by atoms with E-state index in [2.05, 4.69) is 37.3 Å². The molecule has 2 aliphatic heterocycles. The number of hydrogen-bond donors (Lipinski definition) is 3. The highest BCUT2D eigenvalue weighted by molar-refractivity contribution is 7.92. The van der Waals surface area contributed by atoms with Gasteiger partial charge in [-0.3, -0.25) is 19.2 Å². The Labute approximate surface area is 240 Å². The van der Waals surface area contributed by atoms with Crippen LogP contribution in [0.2, 0.25) is 0 Å². The molecule has 41 heavy (non-hydrogen) atoms. The largest absolute Gasteiger partial charge is 0.379 e. The maximum atomic E-state index is 13.5. The monoisotopic (exact) mass is 577 g/mol. The van der Waals surface area contributed by atoms with Crippen molar-refractivity contribution < 1.29 is 22.7 Å². The van der Waals surface area contributed by atoms with Gasteiger partial charge in [-0.1, -0.05) is 24.3 Å². The number of rotatable bonds is 9. The number of nitrogens with zero attached hydrogens (tertiary/aromatic N) is 2. The topological polar surface area (TPSA) is 120 Å². The fraction of sp³-hybridized carbons (Fsp3) is 0.333. The van der Waals surface area contributed by atoms with Gasteiger partial charge in [-0.15, -0.1) is 0 Å². The van der Waals surface area contributed by atoms with Crippen molar-refractivity contribution in [1.82, 2.24) is 10.2 Å². The maximum Gasteiger partial charge on any atom is 0.261 e. The fourth-order valence-corrected chi connectivity index (χ4v) is 6.19. The number of carbonyl (C=O) groups is 2. The number of ether oxygens (including phenoxy) is 1.